The van der Waals surface area contributed by atoms with Crippen LogP contribution in [0.25, 0.3) is 0 Å². The van der Waals surface area contributed by atoms with Gasteiger partial charge in [0.1, 0.15) is 19.0 Å². The first kappa shape index (κ1) is 16.4. The minimum atomic E-state index is -0.637. The molecule has 0 bridgehead atoms. The van der Waals surface area contributed by atoms with Gasteiger partial charge in [0.25, 0.3) is 0 Å². The molecule has 0 atom stereocenters. The van der Waals surface area contributed by atoms with Crippen LogP contribution in [0, 0.1) is 0 Å². The number of halogens is 2. The van der Waals surface area contributed by atoms with E-state index in [1.165, 1.54) is 12.1 Å². The van der Waals surface area contributed by atoms with Crippen molar-refractivity contribution in [3.8, 4) is 5.75 Å². The molecule has 0 fully saturated rings. The number of anilines is 2. The monoisotopic (exact) mass is 340 g/mol. The number of hydrogen-bond acceptors (Lipinski definition) is 4. The van der Waals surface area contributed by atoms with E-state index in [-0.39, 0.29) is 17.3 Å². The second-order valence-electron chi connectivity index (χ2n) is 4.46. The zero-order valence-corrected chi connectivity index (χ0v) is 13.0. The van der Waals surface area contributed by atoms with Gasteiger partial charge in [-0.25, -0.2) is 0 Å². The molecule has 0 saturated carbocycles. The quantitative estimate of drug-likeness (QED) is 0.730. The summed E-state index contributed by atoms with van der Waals surface area (Å²) >= 11 is 12.2. The van der Waals surface area contributed by atoms with Crippen molar-refractivity contribution in [2.45, 2.75) is 6.61 Å². The lowest BCUT2D eigenvalue weighted by Crippen LogP contribution is -2.16. The van der Waals surface area contributed by atoms with E-state index in [2.05, 4.69) is 5.32 Å². The van der Waals surface area contributed by atoms with Crippen LogP contribution in [0.2, 0.25) is 10.0 Å². The summed E-state index contributed by atoms with van der Waals surface area (Å²) < 4.78 is 5.61. The van der Waals surface area contributed by atoms with Gasteiger partial charge in [0.05, 0.1) is 16.4 Å². The Labute approximate surface area is 137 Å². The summed E-state index contributed by atoms with van der Waals surface area (Å²) in [6, 6.07) is 10.3. The SMILES string of the molecule is Nc1cc(OCc2ccccc2Cl)c(Cl)cc1NC(=O)CO. The number of rotatable bonds is 5. The van der Waals surface area contributed by atoms with Crippen LogP contribution in [0.4, 0.5) is 11.4 Å². The summed E-state index contributed by atoms with van der Waals surface area (Å²) in [4.78, 5) is 11.2. The van der Waals surface area contributed by atoms with Crippen molar-refractivity contribution >= 4 is 40.5 Å². The van der Waals surface area contributed by atoms with Crippen LogP contribution in [-0.2, 0) is 11.4 Å². The molecule has 2 aromatic carbocycles. The first-order valence-corrected chi connectivity index (χ1v) is 7.12. The van der Waals surface area contributed by atoms with Crippen molar-refractivity contribution in [3.05, 3.63) is 52.0 Å². The van der Waals surface area contributed by atoms with E-state index in [4.69, 9.17) is 38.8 Å². The van der Waals surface area contributed by atoms with Gasteiger partial charge in [0.2, 0.25) is 5.91 Å². The molecule has 0 aromatic heterocycles. The molecule has 116 valence electrons. The van der Waals surface area contributed by atoms with Gasteiger partial charge in [-0.3, -0.25) is 4.79 Å². The van der Waals surface area contributed by atoms with E-state index in [0.29, 0.717) is 16.5 Å². The Balaban J connectivity index is 2.14. The third-order valence-electron chi connectivity index (χ3n) is 2.86. The van der Waals surface area contributed by atoms with Gasteiger partial charge in [0.15, 0.2) is 0 Å². The third kappa shape index (κ3) is 4.04. The first-order chi connectivity index (χ1) is 10.5. The zero-order valence-electron chi connectivity index (χ0n) is 11.5. The molecule has 1 amide bonds. The molecule has 7 heteroatoms. The average Bonchev–Trinajstić information content (AvgIpc) is 2.50. The van der Waals surface area contributed by atoms with Crippen molar-refractivity contribution in [2.24, 2.45) is 0 Å². The molecule has 0 aliphatic rings. The molecule has 0 aliphatic carbocycles. The summed E-state index contributed by atoms with van der Waals surface area (Å²) in [6.07, 6.45) is 0. The van der Waals surface area contributed by atoms with Gasteiger partial charge in [-0.2, -0.15) is 0 Å². The number of carbonyl (C=O) groups is 1. The second kappa shape index (κ2) is 7.35. The standard InChI is InChI=1S/C15H14Cl2N2O3/c16-10-4-2-1-3-9(10)8-22-14-6-12(18)13(5-11(14)17)19-15(21)7-20/h1-6,20H,7-8,18H2,(H,19,21). The lowest BCUT2D eigenvalue weighted by molar-refractivity contribution is -0.118. The number of carbonyl (C=O) groups excluding carboxylic acids is 1. The topological polar surface area (TPSA) is 84.6 Å². The van der Waals surface area contributed by atoms with Crippen molar-refractivity contribution in [1.29, 1.82) is 0 Å². The minimum absolute atomic E-state index is 0.237. The van der Waals surface area contributed by atoms with Crippen molar-refractivity contribution in [1.82, 2.24) is 0 Å². The highest BCUT2D eigenvalue weighted by molar-refractivity contribution is 6.32. The third-order valence-corrected chi connectivity index (χ3v) is 3.53. The minimum Gasteiger partial charge on any atom is -0.487 e. The number of nitrogens with one attached hydrogen (secondary N) is 1. The van der Waals surface area contributed by atoms with Gasteiger partial charge >= 0.3 is 0 Å². The van der Waals surface area contributed by atoms with Gasteiger partial charge in [-0.1, -0.05) is 41.4 Å². The van der Waals surface area contributed by atoms with Crippen LogP contribution in [0.3, 0.4) is 0 Å². The fourth-order valence-electron chi connectivity index (χ4n) is 1.75. The fraction of sp³-hybridized carbons (Fsp3) is 0.133. The number of amides is 1. The molecule has 0 aliphatic heterocycles. The highest BCUT2D eigenvalue weighted by atomic mass is 35.5. The lowest BCUT2D eigenvalue weighted by Gasteiger charge is -2.13. The Morgan fingerprint density at radius 1 is 1.23 bits per heavy atom. The summed E-state index contributed by atoms with van der Waals surface area (Å²) in [5.74, 6) is -0.200. The molecule has 0 spiro atoms. The summed E-state index contributed by atoms with van der Waals surface area (Å²) in [6.45, 7) is -0.400. The maximum atomic E-state index is 11.2. The Morgan fingerprint density at radius 2 is 1.95 bits per heavy atom. The maximum absolute atomic E-state index is 11.2. The number of hydrogen-bond donors (Lipinski definition) is 3. The summed E-state index contributed by atoms with van der Waals surface area (Å²) in [5, 5.41) is 12.0. The van der Waals surface area contributed by atoms with E-state index in [1.54, 1.807) is 6.07 Å². The van der Waals surface area contributed by atoms with Crippen LogP contribution >= 0.6 is 23.2 Å². The fourth-order valence-corrected chi connectivity index (χ4v) is 2.16. The molecule has 22 heavy (non-hydrogen) atoms. The molecule has 0 saturated heterocycles. The van der Waals surface area contributed by atoms with E-state index < -0.39 is 12.5 Å². The Morgan fingerprint density at radius 3 is 2.64 bits per heavy atom. The smallest absolute Gasteiger partial charge is 0.250 e. The second-order valence-corrected chi connectivity index (χ2v) is 5.27. The Bertz CT molecular complexity index is 692. The Kier molecular flexibility index (Phi) is 5.49. The van der Waals surface area contributed by atoms with Crippen LogP contribution in [0.15, 0.2) is 36.4 Å². The molecular formula is C15H14Cl2N2O3. The van der Waals surface area contributed by atoms with Crippen molar-refractivity contribution in [2.75, 3.05) is 17.7 Å². The van der Waals surface area contributed by atoms with Crippen LogP contribution in [0.5, 0.6) is 5.75 Å². The van der Waals surface area contributed by atoms with Crippen LogP contribution in [0.1, 0.15) is 5.56 Å². The first-order valence-electron chi connectivity index (χ1n) is 6.37. The normalized spacial score (nSPS) is 10.3. The number of aliphatic hydroxyl groups excluding tert-OH is 1. The van der Waals surface area contributed by atoms with E-state index in [0.717, 1.165) is 5.56 Å². The predicted molar refractivity (Wildman–Crippen MR) is 87.4 cm³/mol. The van der Waals surface area contributed by atoms with Gasteiger partial charge in [0, 0.05) is 16.7 Å². The van der Waals surface area contributed by atoms with Gasteiger partial charge < -0.3 is 20.9 Å². The highest BCUT2D eigenvalue weighted by Gasteiger charge is 2.11. The molecule has 5 nitrogen and oxygen atoms in total. The summed E-state index contributed by atoms with van der Waals surface area (Å²) in [5.41, 5.74) is 7.24. The van der Waals surface area contributed by atoms with Gasteiger partial charge in [-0.05, 0) is 12.1 Å². The molecular weight excluding hydrogens is 327 g/mol. The molecule has 0 radical (unpaired) electrons. The van der Waals surface area contributed by atoms with E-state index in [9.17, 15) is 4.79 Å². The van der Waals surface area contributed by atoms with Gasteiger partial charge in [-0.15, -0.1) is 0 Å². The molecule has 2 rings (SSSR count). The summed E-state index contributed by atoms with van der Waals surface area (Å²) in [7, 11) is 0. The number of nitrogens with two attached hydrogens (primary N) is 1. The van der Waals surface area contributed by atoms with Crippen molar-refractivity contribution in [3.63, 3.8) is 0 Å². The molecule has 4 N–H and O–H groups in total. The number of aliphatic hydroxyl groups is 1. The average molecular weight is 341 g/mol. The van der Waals surface area contributed by atoms with Crippen LogP contribution in [-0.4, -0.2) is 17.6 Å². The number of benzene rings is 2. The lowest BCUT2D eigenvalue weighted by atomic mass is 10.2. The number of nitrogen functional groups attached to an aromatic ring is 1. The number of ether oxygens (including phenoxy) is 1. The predicted octanol–water partition coefficient (Wildman–Crippen LogP) is 3.09. The molecule has 2 aromatic rings. The Hall–Kier alpha value is -1.95. The molecule has 0 unspecified atom stereocenters. The van der Waals surface area contributed by atoms with Crippen molar-refractivity contribution < 1.29 is 14.6 Å². The van der Waals surface area contributed by atoms with E-state index >= 15 is 0 Å². The van der Waals surface area contributed by atoms with E-state index in [1.807, 2.05) is 18.2 Å². The largest absolute Gasteiger partial charge is 0.487 e. The van der Waals surface area contributed by atoms with Crippen LogP contribution < -0.4 is 15.8 Å². The highest BCUT2D eigenvalue weighted by Crippen LogP contribution is 2.33. The zero-order chi connectivity index (χ0) is 16.1. The maximum Gasteiger partial charge on any atom is 0.250 e. The molecule has 0 heterocycles.